The molecule has 5 N–H and O–H groups in total. The molecule has 0 spiro atoms. The zero-order chi connectivity index (χ0) is 22.0. The lowest BCUT2D eigenvalue weighted by atomic mass is 10.0. The molecule has 0 atom stereocenters. The lowest BCUT2D eigenvalue weighted by Gasteiger charge is -2.31. The SMILES string of the molecule is CC1(C)Nc2cc(NCCNc3cc(-c4cccc(Cl)c4)nc(N)n3)ccc2OC1=O. The number of hydrogen-bond donors (Lipinski definition) is 4. The first-order chi connectivity index (χ1) is 14.8. The van der Waals surface area contributed by atoms with Crippen LogP contribution in [-0.4, -0.2) is 34.6 Å². The maximum Gasteiger partial charge on any atom is 0.336 e. The molecule has 0 amide bonds. The minimum absolute atomic E-state index is 0.186. The third-order valence-electron chi connectivity index (χ3n) is 4.76. The summed E-state index contributed by atoms with van der Waals surface area (Å²) < 4.78 is 5.38. The van der Waals surface area contributed by atoms with Crippen LogP contribution in [0.15, 0.2) is 48.5 Å². The second-order valence-corrected chi connectivity index (χ2v) is 8.15. The average Bonchev–Trinajstić information content (AvgIpc) is 2.71. The summed E-state index contributed by atoms with van der Waals surface area (Å²) >= 11 is 6.07. The first-order valence-corrected chi connectivity index (χ1v) is 10.2. The van der Waals surface area contributed by atoms with E-state index >= 15 is 0 Å². The molecule has 160 valence electrons. The van der Waals surface area contributed by atoms with Crippen molar-refractivity contribution in [3.05, 3.63) is 53.6 Å². The summed E-state index contributed by atoms with van der Waals surface area (Å²) in [5.74, 6) is 1.04. The molecule has 1 aliphatic heterocycles. The monoisotopic (exact) mass is 438 g/mol. The van der Waals surface area contributed by atoms with Crippen LogP contribution < -0.4 is 26.4 Å². The Morgan fingerprint density at radius 2 is 1.90 bits per heavy atom. The van der Waals surface area contributed by atoms with Crippen LogP contribution >= 0.6 is 11.6 Å². The maximum absolute atomic E-state index is 11.9. The number of nitrogens with zero attached hydrogens (tertiary/aromatic N) is 2. The van der Waals surface area contributed by atoms with Gasteiger partial charge in [0.15, 0.2) is 5.75 Å². The number of anilines is 4. The molecule has 0 fully saturated rings. The fourth-order valence-corrected chi connectivity index (χ4v) is 3.38. The number of benzene rings is 2. The molecule has 2 heterocycles. The summed E-state index contributed by atoms with van der Waals surface area (Å²) in [6.07, 6.45) is 0. The molecular formula is C22H23ClN6O2. The molecule has 3 aromatic rings. The van der Waals surface area contributed by atoms with Gasteiger partial charge < -0.3 is 26.4 Å². The molecule has 1 aliphatic rings. The van der Waals surface area contributed by atoms with Crippen LogP contribution in [0.2, 0.25) is 5.02 Å². The number of halogens is 1. The number of ether oxygens (including phenoxy) is 1. The van der Waals surface area contributed by atoms with Gasteiger partial charge in [-0.2, -0.15) is 4.98 Å². The molecule has 0 radical (unpaired) electrons. The Hall–Kier alpha value is -3.52. The van der Waals surface area contributed by atoms with Crippen molar-refractivity contribution in [3.63, 3.8) is 0 Å². The lowest BCUT2D eigenvalue weighted by Crippen LogP contribution is -2.46. The number of nitrogen functional groups attached to an aromatic ring is 1. The molecule has 1 aromatic heterocycles. The standard InChI is InChI=1S/C22H23ClN6O2/c1-22(2)20(30)31-18-7-6-15(11-17(18)29-22)25-8-9-26-19-12-16(27-21(24)28-19)13-4-3-5-14(23)10-13/h3-7,10-12,25,29H,8-9H2,1-2H3,(H3,24,26,27,28). The van der Waals surface area contributed by atoms with Gasteiger partial charge >= 0.3 is 5.97 Å². The van der Waals surface area contributed by atoms with Crippen LogP contribution in [0.3, 0.4) is 0 Å². The van der Waals surface area contributed by atoms with Crippen molar-refractivity contribution in [2.24, 2.45) is 0 Å². The van der Waals surface area contributed by atoms with Crippen molar-refractivity contribution in [1.82, 2.24) is 9.97 Å². The minimum Gasteiger partial charge on any atom is -0.423 e. The van der Waals surface area contributed by atoms with Gasteiger partial charge in [-0.1, -0.05) is 23.7 Å². The number of rotatable bonds is 6. The van der Waals surface area contributed by atoms with Gasteiger partial charge in [0.2, 0.25) is 5.95 Å². The molecule has 8 nitrogen and oxygen atoms in total. The highest BCUT2D eigenvalue weighted by Gasteiger charge is 2.35. The summed E-state index contributed by atoms with van der Waals surface area (Å²) in [5.41, 5.74) is 8.36. The quantitative estimate of drug-likeness (QED) is 0.259. The number of fused-ring (bicyclic) bond motifs is 1. The van der Waals surface area contributed by atoms with Crippen LogP contribution in [0, 0.1) is 0 Å². The van der Waals surface area contributed by atoms with E-state index in [-0.39, 0.29) is 11.9 Å². The number of carbonyl (C=O) groups excluding carboxylic acids is 1. The highest BCUT2D eigenvalue weighted by Crippen LogP contribution is 2.35. The second-order valence-electron chi connectivity index (χ2n) is 7.71. The maximum atomic E-state index is 11.9. The predicted octanol–water partition coefficient (Wildman–Crippen LogP) is 4.01. The van der Waals surface area contributed by atoms with Crippen molar-refractivity contribution >= 4 is 40.7 Å². The zero-order valence-electron chi connectivity index (χ0n) is 17.2. The molecule has 0 unspecified atom stereocenters. The Balaban J connectivity index is 1.37. The minimum atomic E-state index is -0.763. The molecule has 0 aliphatic carbocycles. The Bertz CT molecular complexity index is 1130. The van der Waals surface area contributed by atoms with E-state index in [9.17, 15) is 4.79 Å². The molecule has 0 bridgehead atoms. The first-order valence-electron chi connectivity index (χ1n) is 9.83. The third-order valence-corrected chi connectivity index (χ3v) is 5.00. The number of esters is 1. The summed E-state index contributed by atoms with van der Waals surface area (Å²) in [7, 11) is 0. The summed E-state index contributed by atoms with van der Waals surface area (Å²) in [5, 5.41) is 10.4. The van der Waals surface area contributed by atoms with E-state index in [2.05, 4.69) is 25.9 Å². The van der Waals surface area contributed by atoms with E-state index in [1.54, 1.807) is 19.9 Å². The zero-order valence-corrected chi connectivity index (χ0v) is 18.0. The van der Waals surface area contributed by atoms with Crippen LogP contribution in [0.5, 0.6) is 5.75 Å². The number of carbonyl (C=O) groups is 1. The molecule has 2 aromatic carbocycles. The van der Waals surface area contributed by atoms with E-state index in [1.807, 2.05) is 42.5 Å². The van der Waals surface area contributed by atoms with E-state index in [0.717, 1.165) is 16.9 Å². The van der Waals surface area contributed by atoms with Crippen LogP contribution in [-0.2, 0) is 4.79 Å². The normalized spacial score (nSPS) is 14.2. The van der Waals surface area contributed by atoms with Gasteiger partial charge in [-0.15, -0.1) is 0 Å². The fourth-order valence-electron chi connectivity index (χ4n) is 3.19. The van der Waals surface area contributed by atoms with Crippen molar-refractivity contribution in [3.8, 4) is 17.0 Å². The summed E-state index contributed by atoms with van der Waals surface area (Å²) in [6, 6.07) is 14.8. The Kier molecular flexibility index (Phi) is 5.56. The Morgan fingerprint density at radius 1 is 1.10 bits per heavy atom. The fraction of sp³-hybridized carbons (Fsp3) is 0.227. The Morgan fingerprint density at radius 3 is 2.71 bits per heavy atom. The predicted molar refractivity (Wildman–Crippen MR) is 124 cm³/mol. The van der Waals surface area contributed by atoms with Gasteiger partial charge in [0, 0.05) is 35.4 Å². The van der Waals surface area contributed by atoms with Gasteiger partial charge in [-0.05, 0) is 44.2 Å². The van der Waals surface area contributed by atoms with Gasteiger partial charge in [-0.3, -0.25) is 0 Å². The number of nitrogens with one attached hydrogen (secondary N) is 3. The van der Waals surface area contributed by atoms with Gasteiger partial charge in [0.25, 0.3) is 0 Å². The van der Waals surface area contributed by atoms with Crippen molar-refractivity contribution in [2.75, 3.05) is 34.8 Å². The van der Waals surface area contributed by atoms with Crippen molar-refractivity contribution in [2.45, 2.75) is 19.4 Å². The Labute approximate surface area is 185 Å². The smallest absolute Gasteiger partial charge is 0.336 e. The molecule has 0 saturated heterocycles. The van der Waals surface area contributed by atoms with Crippen LogP contribution in [0.1, 0.15) is 13.8 Å². The average molecular weight is 439 g/mol. The number of aromatic nitrogens is 2. The third kappa shape index (κ3) is 4.80. The highest BCUT2D eigenvalue weighted by atomic mass is 35.5. The molecule has 4 rings (SSSR count). The van der Waals surface area contributed by atoms with E-state index in [4.69, 9.17) is 22.1 Å². The summed E-state index contributed by atoms with van der Waals surface area (Å²) in [6.45, 7) is 4.82. The molecule has 31 heavy (non-hydrogen) atoms. The molecular weight excluding hydrogens is 416 g/mol. The van der Waals surface area contributed by atoms with Gasteiger partial charge in [0.05, 0.1) is 11.4 Å². The molecule has 9 heteroatoms. The van der Waals surface area contributed by atoms with Crippen molar-refractivity contribution in [1.29, 1.82) is 0 Å². The topological polar surface area (TPSA) is 114 Å². The lowest BCUT2D eigenvalue weighted by molar-refractivity contribution is -0.139. The highest BCUT2D eigenvalue weighted by molar-refractivity contribution is 6.30. The largest absolute Gasteiger partial charge is 0.423 e. The van der Waals surface area contributed by atoms with Gasteiger partial charge in [0.1, 0.15) is 11.4 Å². The van der Waals surface area contributed by atoms with Gasteiger partial charge in [-0.25, -0.2) is 9.78 Å². The second kappa shape index (κ2) is 8.31. The van der Waals surface area contributed by atoms with E-state index in [0.29, 0.717) is 35.4 Å². The van der Waals surface area contributed by atoms with E-state index in [1.165, 1.54) is 0 Å². The van der Waals surface area contributed by atoms with Crippen molar-refractivity contribution < 1.29 is 9.53 Å². The molecule has 0 saturated carbocycles. The summed E-state index contributed by atoms with van der Waals surface area (Å²) in [4.78, 5) is 20.5. The van der Waals surface area contributed by atoms with E-state index < -0.39 is 5.54 Å². The van der Waals surface area contributed by atoms with Crippen LogP contribution in [0.4, 0.5) is 23.1 Å². The number of nitrogens with two attached hydrogens (primary N) is 1. The van der Waals surface area contributed by atoms with Crippen LogP contribution in [0.25, 0.3) is 11.3 Å². The number of hydrogen-bond acceptors (Lipinski definition) is 8. The first kappa shape index (κ1) is 20.7.